The van der Waals surface area contributed by atoms with E-state index in [1.807, 2.05) is 18.2 Å². The Bertz CT molecular complexity index is 1360. The number of carboxylic acid groups (broad SMARTS) is 1. The summed E-state index contributed by atoms with van der Waals surface area (Å²) in [6.07, 6.45) is 1.53. The van der Waals surface area contributed by atoms with E-state index in [9.17, 15) is 14.9 Å². The molecule has 3 rings (SSSR count). The number of ether oxygens (including phenoxy) is 3. The number of methoxy groups -OCH3 is 2. The molecule has 0 heterocycles. The molecule has 1 amide bonds. The van der Waals surface area contributed by atoms with Crippen LogP contribution in [0.2, 0.25) is 0 Å². The Hall–Kier alpha value is -3.31. The van der Waals surface area contributed by atoms with E-state index in [2.05, 4.69) is 50.5 Å². The zero-order chi connectivity index (χ0) is 26.9. The molecule has 10 heteroatoms. The molecule has 0 saturated carbocycles. The van der Waals surface area contributed by atoms with Crippen LogP contribution < -0.4 is 19.5 Å². The Morgan fingerprint density at radius 3 is 2.27 bits per heavy atom. The second-order valence-electron chi connectivity index (χ2n) is 7.63. The fourth-order valence-corrected chi connectivity index (χ4v) is 5.41. The van der Waals surface area contributed by atoms with Gasteiger partial charge in [-0.05, 0) is 98.8 Å². The number of aromatic carboxylic acids is 1. The second-order valence-corrected chi connectivity index (χ2v) is 9.96. The number of carbonyl (C=O) groups excluding carboxylic acids is 1. The number of nitrogens with one attached hydrogen (secondary N) is 1. The lowest BCUT2D eigenvalue weighted by atomic mass is 10.1. The number of nitrogens with zero attached hydrogens (tertiary/aromatic N) is 1. The highest BCUT2D eigenvalue weighted by Gasteiger charge is 2.14. The van der Waals surface area contributed by atoms with Crippen molar-refractivity contribution < 1.29 is 28.9 Å². The fourth-order valence-electron chi connectivity index (χ4n) is 3.28. The van der Waals surface area contributed by atoms with Gasteiger partial charge in [-0.2, -0.15) is 5.26 Å². The minimum Gasteiger partial charge on any atom is -0.497 e. The molecule has 0 spiro atoms. The van der Waals surface area contributed by atoms with Crippen molar-refractivity contribution in [1.29, 1.82) is 5.26 Å². The first-order valence-electron chi connectivity index (χ1n) is 10.8. The summed E-state index contributed by atoms with van der Waals surface area (Å²) in [5, 5.41) is 21.4. The number of carbonyl (C=O) groups is 2. The Morgan fingerprint density at radius 2 is 1.70 bits per heavy atom. The van der Waals surface area contributed by atoms with E-state index in [1.54, 1.807) is 37.4 Å². The number of halogens is 2. The summed E-state index contributed by atoms with van der Waals surface area (Å²) in [6, 6.07) is 17.4. The number of rotatable bonds is 10. The van der Waals surface area contributed by atoms with E-state index in [0.29, 0.717) is 22.8 Å². The minimum atomic E-state index is -0.980. The van der Waals surface area contributed by atoms with Gasteiger partial charge in [0.2, 0.25) is 0 Å². The molecule has 2 N–H and O–H groups in total. The average molecular weight is 724 g/mol. The predicted octanol–water partition coefficient (Wildman–Crippen LogP) is 5.41. The monoisotopic (exact) mass is 724 g/mol. The number of hydrogen-bond donors (Lipinski definition) is 2. The molecule has 0 aliphatic heterocycles. The standard InChI is InChI=1S/C27H22I2N2O6/c1-35-21-8-7-19(24(12-21)36-2)14-31-26(32)20(13-30)9-17-10-22(28)25(23(29)11-17)37-15-16-3-5-18(6-4-16)27(33)34/h3-12H,14-15H2,1-2H3,(H,31,32)(H,33,34)/b20-9+. The third-order valence-electron chi connectivity index (χ3n) is 5.21. The molecule has 0 saturated heterocycles. The summed E-state index contributed by atoms with van der Waals surface area (Å²) in [6.45, 7) is 0.447. The van der Waals surface area contributed by atoms with E-state index in [1.165, 1.54) is 25.3 Å². The summed E-state index contributed by atoms with van der Waals surface area (Å²) in [7, 11) is 3.09. The van der Waals surface area contributed by atoms with Crippen molar-refractivity contribution >= 4 is 63.1 Å². The molecule has 3 aromatic carbocycles. The van der Waals surface area contributed by atoms with E-state index >= 15 is 0 Å². The smallest absolute Gasteiger partial charge is 0.335 e. The zero-order valence-electron chi connectivity index (χ0n) is 19.9. The highest BCUT2D eigenvalue weighted by molar-refractivity contribution is 14.1. The predicted molar refractivity (Wildman–Crippen MR) is 155 cm³/mol. The van der Waals surface area contributed by atoms with Crippen LogP contribution in [0.5, 0.6) is 17.2 Å². The summed E-state index contributed by atoms with van der Waals surface area (Å²) in [5.74, 6) is 0.383. The van der Waals surface area contributed by atoms with Crippen molar-refractivity contribution in [3.63, 3.8) is 0 Å². The number of amides is 1. The van der Waals surface area contributed by atoms with Crippen LogP contribution in [0.25, 0.3) is 6.08 Å². The minimum absolute atomic E-state index is 0.0359. The maximum absolute atomic E-state index is 12.7. The molecule has 0 aromatic heterocycles. The number of benzene rings is 3. The van der Waals surface area contributed by atoms with Crippen LogP contribution in [-0.2, 0) is 17.9 Å². The van der Waals surface area contributed by atoms with Gasteiger partial charge >= 0.3 is 5.97 Å². The van der Waals surface area contributed by atoms with E-state index < -0.39 is 11.9 Å². The molecule has 0 bridgehead atoms. The molecule has 0 fully saturated rings. The molecular formula is C27H22I2N2O6. The summed E-state index contributed by atoms with van der Waals surface area (Å²) in [4.78, 5) is 23.7. The highest BCUT2D eigenvalue weighted by Crippen LogP contribution is 2.31. The highest BCUT2D eigenvalue weighted by atomic mass is 127. The molecule has 190 valence electrons. The Balaban J connectivity index is 1.70. The third-order valence-corrected chi connectivity index (χ3v) is 6.82. The number of nitriles is 1. The van der Waals surface area contributed by atoms with Crippen LogP contribution in [0.3, 0.4) is 0 Å². The van der Waals surface area contributed by atoms with Crippen LogP contribution in [-0.4, -0.2) is 31.2 Å². The molecule has 3 aromatic rings. The van der Waals surface area contributed by atoms with Gasteiger partial charge in [-0.1, -0.05) is 12.1 Å². The van der Waals surface area contributed by atoms with Gasteiger partial charge in [-0.15, -0.1) is 0 Å². The van der Waals surface area contributed by atoms with Crippen molar-refractivity contribution in [1.82, 2.24) is 5.32 Å². The normalized spacial score (nSPS) is 10.8. The van der Waals surface area contributed by atoms with Crippen LogP contribution in [0.15, 0.2) is 60.2 Å². The zero-order valence-corrected chi connectivity index (χ0v) is 24.2. The average Bonchev–Trinajstić information content (AvgIpc) is 2.89. The Kier molecular flexibility index (Phi) is 10.2. The molecule has 0 radical (unpaired) electrons. The van der Waals surface area contributed by atoms with Gasteiger partial charge in [-0.25, -0.2) is 4.79 Å². The summed E-state index contributed by atoms with van der Waals surface area (Å²) in [5.41, 5.74) is 2.44. The van der Waals surface area contributed by atoms with Crippen molar-refractivity contribution in [2.75, 3.05) is 14.2 Å². The van der Waals surface area contributed by atoms with Crippen LogP contribution in [0.4, 0.5) is 0 Å². The van der Waals surface area contributed by atoms with Gasteiger partial charge < -0.3 is 24.6 Å². The lowest BCUT2D eigenvalue weighted by Crippen LogP contribution is -2.24. The molecular weight excluding hydrogens is 702 g/mol. The molecule has 0 aliphatic carbocycles. The number of carboxylic acids is 1. The maximum atomic E-state index is 12.7. The first-order chi connectivity index (χ1) is 17.7. The summed E-state index contributed by atoms with van der Waals surface area (Å²) < 4.78 is 18.1. The largest absolute Gasteiger partial charge is 0.497 e. The summed E-state index contributed by atoms with van der Waals surface area (Å²) >= 11 is 4.28. The first-order valence-corrected chi connectivity index (χ1v) is 13.0. The van der Waals surface area contributed by atoms with Crippen molar-refractivity contribution in [2.24, 2.45) is 0 Å². The van der Waals surface area contributed by atoms with Gasteiger partial charge in [-0.3, -0.25) is 4.79 Å². The molecule has 37 heavy (non-hydrogen) atoms. The van der Waals surface area contributed by atoms with E-state index in [-0.39, 0.29) is 24.3 Å². The third kappa shape index (κ3) is 7.59. The second kappa shape index (κ2) is 13.3. The van der Waals surface area contributed by atoms with Gasteiger partial charge in [0.05, 0.1) is 26.9 Å². The SMILES string of the molecule is COc1ccc(CNC(=O)/C(C#N)=C/c2cc(I)c(OCc3ccc(C(=O)O)cc3)c(I)c2)c(OC)c1. The quantitative estimate of drug-likeness (QED) is 0.163. The van der Waals surface area contributed by atoms with Crippen molar-refractivity contribution in [3.05, 3.63) is 89.6 Å². The Morgan fingerprint density at radius 1 is 1.03 bits per heavy atom. The van der Waals surface area contributed by atoms with Gasteiger partial charge in [0.15, 0.2) is 0 Å². The van der Waals surface area contributed by atoms with Crippen molar-refractivity contribution in [3.8, 4) is 23.3 Å². The fraction of sp³-hybridized carbons (Fsp3) is 0.148. The maximum Gasteiger partial charge on any atom is 0.335 e. The molecule has 0 aliphatic rings. The van der Waals surface area contributed by atoms with Crippen LogP contribution in [0, 0.1) is 18.5 Å². The van der Waals surface area contributed by atoms with Gasteiger partial charge in [0.1, 0.15) is 35.5 Å². The topological polar surface area (TPSA) is 118 Å². The van der Waals surface area contributed by atoms with Gasteiger partial charge in [0.25, 0.3) is 5.91 Å². The van der Waals surface area contributed by atoms with E-state index in [0.717, 1.165) is 18.3 Å². The molecule has 0 atom stereocenters. The van der Waals surface area contributed by atoms with Crippen LogP contribution in [0.1, 0.15) is 27.0 Å². The van der Waals surface area contributed by atoms with Crippen molar-refractivity contribution in [2.45, 2.75) is 13.2 Å². The Labute approximate surface area is 241 Å². The first kappa shape index (κ1) is 28.3. The lowest BCUT2D eigenvalue weighted by Gasteiger charge is -2.12. The molecule has 0 unspecified atom stereocenters. The van der Waals surface area contributed by atoms with Crippen LogP contribution >= 0.6 is 45.2 Å². The lowest BCUT2D eigenvalue weighted by molar-refractivity contribution is -0.117. The van der Waals surface area contributed by atoms with E-state index in [4.69, 9.17) is 19.3 Å². The van der Waals surface area contributed by atoms with Gasteiger partial charge in [0, 0.05) is 18.2 Å². The number of hydrogen-bond acceptors (Lipinski definition) is 6. The molecule has 8 nitrogen and oxygen atoms in total.